The van der Waals surface area contributed by atoms with Crippen molar-refractivity contribution >= 4 is 5.69 Å². The summed E-state index contributed by atoms with van der Waals surface area (Å²) < 4.78 is 0. The van der Waals surface area contributed by atoms with E-state index in [4.69, 9.17) is 5.26 Å². The molecule has 0 bridgehead atoms. The highest BCUT2D eigenvalue weighted by Crippen LogP contribution is 2.15. The lowest BCUT2D eigenvalue weighted by Gasteiger charge is -2.17. The molecule has 1 aromatic heterocycles. The van der Waals surface area contributed by atoms with Gasteiger partial charge in [-0.15, -0.1) is 0 Å². The summed E-state index contributed by atoms with van der Waals surface area (Å²) in [4.78, 5) is 6.09. The first-order valence-corrected chi connectivity index (χ1v) is 4.87. The highest BCUT2D eigenvalue weighted by molar-refractivity contribution is 5.43. The van der Waals surface area contributed by atoms with Crippen molar-refractivity contribution in [2.45, 2.75) is 19.4 Å². The second-order valence-electron chi connectivity index (χ2n) is 3.45. The van der Waals surface area contributed by atoms with Crippen molar-refractivity contribution < 1.29 is 5.11 Å². The molecule has 1 N–H and O–H groups in total. The quantitative estimate of drug-likeness (QED) is 0.808. The van der Waals surface area contributed by atoms with Crippen molar-refractivity contribution in [3.63, 3.8) is 0 Å². The number of nitrogens with zero attached hydrogens (tertiary/aromatic N) is 3. The van der Waals surface area contributed by atoms with Gasteiger partial charge in [-0.3, -0.25) is 4.98 Å². The van der Waals surface area contributed by atoms with Crippen LogP contribution >= 0.6 is 0 Å². The Hall–Kier alpha value is -1.60. The lowest BCUT2D eigenvalue weighted by Crippen LogP contribution is -2.18. The number of rotatable bonds is 4. The van der Waals surface area contributed by atoms with Gasteiger partial charge in [0.15, 0.2) is 0 Å². The summed E-state index contributed by atoms with van der Waals surface area (Å²) in [5.41, 5.74) is 1.61. The Labute approximate surface area is 89.8 Å². The molecule has 4 heteroatoms. The van der Waals surface area contributed by atoms with Crippen molar-refractivity contribution in [2.24, 2.45) is 0 Å². The van der Waals surface area contributed by atoms with Crippen molar-refractivity contribution in [3.05, 3.63) is 24.0 Å². The molecule has 1 atom stereocenters. The molecule has 0 aromatic carbocycles. The van der Waals surface area contributed by atoms with Crippen LogP contribution in [0.1, 0.15) is 25.1 Å². The fourth-order valence-corrected chi connectivity index (χ4v) is 1.22. The Morgan fingerprint density at radius 1 is 1.60 bits per heavy atom. The average molecular weight is 205 g/mol. The number of hydrogen-bond acceptors (Lipinski definition) is 4. The van der Waals surface area contributed by atoms with Crippen molar-refractivity contribution in [1.82, 2.24) is 4.98 Å². The van der Waals surface area contributed by atoms with Crippen LogP contribution in [0.25, 0.3) is 0 Å². The van der Waals surface area contributed by atoms with E-state index in [0.717, 1.165) is 5.69 Å². The SMILES string of the molecule is C[C@H](O)c1ccc(N(C)CCC#N)cn1. The highest BCUT2D eigenvalue weighted by atomic mass is 16.3. The van der Waals surface area contributed by atoms with E-state index >= 15 is 0 Å². The predicted molar refractivity (Wildman–Crippen MR) is 58.4 cm³/mol. The Kier molecular flexibility index (Phi) is 4.07. The molecule has 4 nitrogen and oxygen atoms in total. The van der Waals surface area contributed by atoms with Gasteiger partial charge in [0.1, 0.15) is 0 Å². The number of anilines is 1. The summed E-state index contributed by atoms with van der Waals surface area (Å²) in [6, 6.07) is 5.79. The number of nitriles is 1. The third kappa shape index (κ3) is 3.22. The molecule has 0 spiro atoms. The smallest absolute Gasteiger partial charge is 0.0931 e. The largest absolute Gasteiger partial charge is 0.387 e. The van der Waals surface area contributed by atoms with E-state index in [-0.39, 0.29) is 0 Å². The van der Waals surface area contributed by atoms with Crippen LogP contribution in [0.5, 0.6) is 0 Å². The molecule has 0 unspecified atom stereocenters. The fraction of sp³-hybridized carbons (Fsp3) is 0.455. The molecule has 80 valence electrons. The molecule has 1 rings (SSSR count). The Balaban J connectivity index is 2.67. The maximum absolute atomic E-state index is 9.28. The van der Waals surface area contributed by atoms with E-state index in [0.29, 0.717) is 18.7 Å². The Bertz CT molecular complexity index is 340. The van der Waals surface area contributed by atoms with E-state index in [2.05, 4.69) is 11.1 Å². The molecule has 0 aliphatic carbocycles. The molecule has 0 radical (unpaired) electrons. The van der Waals surface area contributed by atoms with Gasteiger partial charge in [-0.2, -0.15) is 5.26 Å². The summed E-state index contributed by atoms with van der Waals surface area (Å²) >= 11 is 0. The lowest BCUT2D eigenvalue weighted by molar-refractivity contribution is 0.194. The molecule has 0 amide bonds. The molecule has 0 aliphatic heterocycles. The van der Waals surface area contributed by atoms with Gasteiger partial charge in [-0.1, -0.05) is 0 Å². The van der Waals surface area contributed by atoms with Gasteiger partial charge in [0.05, 0.1) is 36.2 Å². The monoisotopic (exact) mass is 205 g/mol. The van der Waals surface area contributed by atoms with E-state index in [1.165, 1.54) is 0 Å². The maximum Gasteiger partial charge on any atom is 0.0931 e. The summed E-state index contributed by atoms with van der Waals surface area (Å²) in [5, 5.41) is 17.7. The molecular formula is C11H15N3O. The lowest BCUT2D eigenvalue weighted by atomic mass is 10.2. The van der Waals surface area contributed by atoms with E-state index in [1.54, 1.807) is 19.2 Å². The molecule has 0 saturated heterocycles. The van der Waals surface area contributed by atoms with Crippen LogP contribution in [0.2, 0.25) is 0 Å². The van der Waals surface area contributed by atoms with Crippen LogP contribution in [0.3, 0.4) is 0 Å². The minimum Gasteiger partial charge on any atom is -0.387 e. The van der Waals surface area contributed by atoms with Crippen LogP contribution in [-0.2, 0) is 0 Å². The molecule has 0 aliphatic rings. The van der Waals surface area contributed by atoms with E-state index < -0.39 is 6.10 Å². The number of pyridine rings is 1. The van der Waals surface area contributed by atoms with E-state index in [1.807, 2.05) is 18.0 Å². The van der Waals surface area contributed by atoms with Gasteiger partial charge >= 0.3 is 0 Å². The maximum atomic E-state index is 9.28. The van der Waals surface area contributed by atoms with Gasteiger partial charge in [0.25, 0.3) is 0 Å². The number of aromatic nitrogens is 1. The molecule has 1 heterocycles. The zero-order valence-corrected chi connectivity index (χ0v) is 9.01. The normalized spacial score (nSPS) is 11.9. The standard InChI is InChI=1S/C11H15N3O/c1-9(15)11-5-4-10(8-13-11)14(2)7-3-6-12/h4-5,8-9,15H,3,7H2,1-2H3/t9-/m0/s1. The average Bonchev–Trinajstić information content (AvgIpc) is 2.26. The van der Waals surface area contributed by atoms with Gasteiger partial charge < -0.3 is 10.0 Å². The summed E-state index contributed by atoms with van der Waals surface area (Å²) in [6.07, 6.45) is 1.66. The summed E-state index contributed by atoms with van der Waals surface area (Å²) in [6.45, 7) is 2.37. The summed E-state index contributed by atoms with van der Waals surface area (Å²) in [5.74, 6) is 0. The zero-order chi connectivity index (χ0) is 11.3. The topological polar surface area (TPSA) is 60.1 Å². The second kappa shape index (κ2) is 5.32. The molecule has 1 aromatic rings. The first-order valence-electron chi connectivity index (χ1n) is 4.87. The molecule has 0 saturated carbocycles. The number of hydrogen-bond donors (Lipinski definition) is 1. The minimum atomic E-state index is -0.538. The number of aliphatic hydroxyl groups is 1. The van der Waals surface area contributed by atoms with Crippen molar-refractivity contribution in [1.29, 1.82) is 5.26 Å². The van der Waals surface area contributed by atoms with Crippen molar-refractivity contribution in [3.8, 4) is 6.07 Å². The van der Waals surface area contributed by atoms with Gasteiger partial charge in [-0.05, 0) is 19.1 Å². The molecule has 15 heavy (non-hydrogen) atoms. The minimum absolute atomic E-state index is 0.495. The van der Waals surface area contributed by atoms with Gasteiger partial charge in [0, 0.05) is 13.6 Å². The molecule has 0 fully saturated rings. The van der Waals surface area contributed by atoms with E-state index in [9.17, 15) is 5.11 Å². The third-order valence-electron chi connectivity index (χ3n) is 2.20. The van der Waals surface area contributed by atoms with Crippen LogP contribution in [0, 0.1) is 11.3 Å². The van der Waals surface area contributed by atoms with Crippen LogP contribution in [-0.4, -0.2) is 23.7 Å². The van der Waals surface area contributed by atoms with Crippen LogP contribution < -0.4 is 4.90 Å². The highest BCUT2D eigenvalue weighted by Gasteiger charge is 2.04. The predicted octanol–water partition coefficient (Wildman–Crippen LogP) is 1.48. The first-order chi connectivity index (χ1) is 7.15. The summed E-state index contributed by atoms with van der Waals surface area (Å²) in [7, 11) is 1.91. The Morgan fingerprint density at radius 3 is 2.80 bits per heavy atom. The van der Waals surface area contributed by atoms with Gasteiger partial charge in [0.2, 0.25) is 0 Å². The third-order valence-corrected chi connectivity index (χ3v) is 2.20. The molecular weight excluding hydrogens is 190 g/mol. The van der Waals surface area contributed by atoms with Crippen LogP contribution in [0.4, 0.5) is 5.69 Å². The van der Waals surface area contributed by atoms with Crippen molar-refractivity contribution in [2.75, 3.05) is 18.5 Å². The zero-order valence-electron chi connectivity index (χ0n) is 9.01. The van der Waals surface area contributed by atoms with Crippen LogP contribution in [0.15, 0.2) is 18.3 Å². The first kappa shape index (κ1) is 11.5. The van der Waals surface area contributed by atoms with Gasteiger partial charge in [-0.25, -0.2) is 0 Å². The Morgan fingerprint density at radius 2 is 2.33 bits per heavy atom. The fourth-order valence-electron chi connectivity index (χ4n) is 1.22. The number of aliphatic hydroxyl groups excluding tert-OH is 1. The second-order valence-corrected chi connectivity index (χ2v) is 3.45.